The Hall–Kier alpha value is -1.19. The molecule has 3 nitrogen and oxygen atoms in total. The van der Waals surface area contributed by atoms with E-state index < -0.39 is 0 Å². The molecule has 0 spiro atoms. The summed E-state index contributed by atoms with van der Waals surface area (Å²) in [6, 6.07) is 10.3. The first-order chi connectivity index (χ1) is 7.90. The van der Waals surface area contributed by atoms with Crippen molar-refractivity contribution >= 4 is 6.29 Å². The van der Waals surface area contributed by atoms with Crippen molar-refractivity contribution in [2.45, 2.75) is 31.5 Å². The van der Waals surface area contributed by atoms with Gasteiger partial charge in [-0.25, -0.2) is 0 Å². The summed E-state index contributed by atoms with van der Waals surface area (Å²) in [6.07, 6.45) is 3.20. The molecule has 1 heterocycles. The zero-order valence-electron chi connectivity index (χ0n) is 9.17. The standard InChI is InChI=1S/C13H16O3/c14-9-8-13-12(15-10-16-13)7-6-11-4-2-1-3-5-11/h1-5,9,12-13H,6-8,10H2. The Kier molecular flexibility index (Phi) is 4.08. The van der Waals surface area contributed by atoms with Crippen molar-refractivity contribution in [1.82, 2.24) is 0 Å². The Morgan fingerprint density at radius 2 is 1.94 bits per heavy atom. The molecule has 0 saturated carbocycles. The molecule has 1 fully saturated rings. The molecule has 1 aliphatic heterocycles. The van der Waals surface area contributed by atoms with E-state index in [9.17, 15) is 4.79 Å². The van der Waals surface area contributed by atoms with Gasteiger partial charge in [0.05, 0.1) is 12.2 Å². The topological polar surface area (TPSA) is 35.5 Å². The van der Waals surface area contributed by atoms with Gasteiger partial charge in [-0.1, -0.05) is 30.3 Å². The van der Waals surface area contributed by atoms with Crippen LogP contribution in [0, 0.1) is 0 Å². The second-order valence-electron chi connectivity index (χ2n) is 3.95. The minimum absolute atomic E-state index is 0.0544. The monoisotopic (exact) mass is 220 g/mol. The van der Waals surface area contributed by atoms with Crippen LogP contribution in [-0.2, 0) is 20.7 Å². The van der Waals surface area contributed by atoms with Crippen LogP contribution in [0.1, 0.15) is 18.4 Å². The molecular formula is C13H16O3. The number of rotatable bonds is 5. The second-order valence-corrected chi connectivity index (χ2v) is 3.95. The minimum atomic E-state index is -0.0544. The highest BCUT2D eigenvalue weighted by atomic mass is 16.7. The Morgan fingerprint density at radius 3 is 2.69 bits per heavy atom. The van der Waals surface area contributed by atoms with Crippen molar-refractivity contribution in [2.24, 2.45) is 0 Å². The molecular weight excluding hydrogens is 204 g/mol. The summed E-state index contributed by atoms with van der Waals surface area (Å²) in [5, 5.41) is 0. The molecule has 2 unspecified atom stereocenters. The van der Waals surface area contributed by atoms with Crippen LogP contribution in [0.2, 0.25) is 0 Å². The summed E-state index contributed by atoms with van der Waals surface area (Å²) in [6.45, 7) is 0.317. The van der Waals surface area contributed by atoms with Crippen LogP contribution >= 0.6 is 0 Å². The van der Waals surface area contributed by atoms with Crippen molar-refractivity contribution in [3.63, 3.8) is 0 Å². The molecule has 0 aliphatic carbocycles. The molecule has 3 heteroatoms. The minimum Gasteiger partial charge on any atom is -0.349 e. The van der Waals surface area contributed by atoms with Crippen molar-refractivity contribution in [2.75, 3.05) is 6.79 Å². The molecule has 0 amide bonds. The van der Waals surface area contributed by atoms with Gasteiger partial charge >= 0.3 is 0 Å². The highest BCUT2D eigenvalue weighted by molar-refractivity contribution is 5.50. The zero-order chi connectivity index (χ0) is 11.2. The lowest BCUT2D eigenvalue weighted by Crippen LogP contribution is -2.23. The molecule has 0 bridgehead atoms. The second kappa shape index (κ2) is 5.77. The van der Waals surface area contributed by atoms with Crippen LogP contribution in [0.15, 0.2) is 30.3 Å². The van der Waals surface area contributed by atoms with Crippen molar-refractivity contribution < 1.29 is 14.3 Å². The summed E-state index contributed by atoms with van der Waals surface area (Å²) in [5.41, 5.74) is 1.29. The summed E-state index contributed by atoms with van der Waals surface area (Å²) < 4.78 is 10.8. The van der Waals surface area contributed by atoms with Gasteiger partial charge in [0.15, 0.2) is 0 Å². The molecule has 0 N–H and O–H groups in total. The summed E-state index contributed by atoms with van der Waals surface area (Å²) >= 11 is 0. The third-order valence-electron chi connectivity index (χ3n) is 2.87. The van der Waals surface area contributed by atoms with Gasteiger partial charge in [0.25, 0.3) is 0 Å². The van der Waals surface area contributed by atoms with Crippen LogP contribution in [0.4, 0.5) is 0 Å². The largest absolute Gasteiger partial charge is 0.349 e. The number of carbonyl (C=O) groups excluding carboxylic acids is 1. The summed E-state index contributed by atoms with van der Waals surface area (Å²) in [5.74, 6) is 0. The number of benzene rings is 1. The highest BCUT2D eigenvalue weighted by Crippen LogP contribution is 2.20. The Morgan fingerprint density at radius 1 is 1.19 bits per heavy atom. The van der Waals surface area contributed by atoms with Gasteiger partial charge in [0, 0.05) is 6.42 Å². The van der Waals surface area contributed by atoms with Gasteiger partial charge in [-0.05, 0) is 18.4 Å². The van der Waals surface area contributed by atoms with E-state index in [0.717, 1.165) is 19.1 Å². The smallest absolute Gasteiger partial charge is 0.147 e. The molecule has 86 valence electrons. The molecule has 1 aromatic carbocycles. The number of carbonyl (C=O) groups is 1. The van der Waals surface area contributed by atoms with Crippen molar-refractivity contribution in [3.05, 3.63) is 35.9 Å². The quantitative estimate of drug-likeness (QED) is 0.711. The van der Waals surface area contributed by atoms with Gasteiger partial charge in [-0.15, -0.1) is 0 Å². The normalized spacial score (nSPS) is 24.5. The van der Waals surface area contributed by atoms with E-state index in [1.807, 2.05) is 18.2 Å². The average molecular weight is 220 g/mol. The summed E-state index contributed by atoms with van der Waals surface area (Å²) in [4.78, 5) is 10.4. The molecule has 16 heavy (non-hydrogen) atoms. The maximum absolute atomic E-state index is 10.4. The molecule has 2 rings (SSSR count). The number of hydrogen-bond donors (Lipinski definition) is 0. The first-order valence-electron chi connectivity index (χ1n) is 5.61. The van der Waals surface area contributed by atoms with E-state index in [-0.39, 0.29) is 12.2 Å². The third kappa shape index (κ3) is 2.90. The van der Waals surface area contributed by atoms with E-state index in [1.54, 1.807) is 0 Å². The van der Waals surface area contributed by atoms with E-state index in [1.165, 1.54) is 5.56 Å². The first kappa shape index (κ1) is 11.3. The van der Waals surface area contributed by atoms with Gasteiger partial charge < -0.3 is 14.3 Å². The highest BCUT2D eigenvalue weighted by Gasteiger charge is 2.28. The molecule has 0 radical (unpaired) electrons. The van der Waals surface area contributed by atoms with Crippen LogP contribution < -0.4 is 0 Å². The van der Waals surface area contributed by atoms with Gasteiger partial charge in [-0.3, -0.25) is 0 Å². The Bertz CT molecular complexity index is 323. The SMILES string of the molecule is O=CCC1OCOC1CCc1ccccc1. The molecule has 1 aromatic rings. The lowest BCUT2D eigenvalue weighted by Gasteiger charge is -2.14. The summed E-state index contributed by atoms with van der Waals surface area (Å²) in [7, 11) is 0. The van der Waals surface area contributed by atoms with E-state index in [2.05, 4.69) is 12.1 Å². The maximum Gasteiger partial charge on any atom is 0.147 e. The van der Waals surface area contributed by atoms with Crippen LogP contribution in [0.5, 0.6) is 0 Å². The van der Waals surface area contributed by atoms with E-state index in [0.29, 0.717) is 13.2 Å². The molecule has 1 aliphatic rings. The van der Waals surface area contributed by atoms with Crippen LogP contribution in [-0.4, -0.2) is 25.3 Å². The number of aldehydes is 1. The lowest BCUT2D eigenvalue weighted by molar-refractivity contribution is -0.109. The molecule has 0 aromatic heterocycles. The number of ether oxygens (including phenoxy) is 2. The van der Waals surface area contributed by atoms with E-state index in [4.69, 9.17) is 9.47 Å². The van der Waals surface area contributed by atoms with Crippen LogP contribution in [0.25, 0.3) is 0 Å². The lowest BCUT2D eigenvalue weighted by atomic mass is 10.0. The van der Waals surface area contributed by atoms with E-state index >= 15 is 0 Å². The van der Waals surface area contributed by atoms with Gasteiger partial charge in [0.2, 0.25) is 0 Å². The predicted octanol–water partition coefficient (Wildman–Crippen LogP) is 1.95. The average Bonchev–Trinajstić information content (AvgIpc) is 2.76. The fourth-order valence-corrected chi connectivity index (χ4v) is 1.97. The predicted molar refractivity (Wildman–Crippen MR) is 60.1 cm³/mol. The Labute approximate surface area is 95.4 Å². The zero-order valence-corrected chi connectivity index (χ0v) is 9.17. The van der Waals surface area contributed by atoms with Crippen LogP contribution in [0.3, 0.4) is 0 Å². The molecule has 1 saturated heterocycles. The van der Waals surface area contributed by atoms with Crippen molar-refractivity contribution in [1.29, 1.82) is 0 Å². The van der Waals surface area contributed by atoms with Gasteiger partial charge in [-0.2, -0.15) is 0 Å². The maximum atomic E-state index is 10.4. The van der Waals surface area contributed by atoms with Crippen molar-refractivity contribution in [3.8, 4) is 0 Å². The molecule has 2 atom stereocenters. The fraction of sp³-hybridized carbons (Fsp3) is 0.462. The third-order valence-corrected chi connectivity index (χ3v) is 2.87. The Balaban J connectivity index is 1.83. The van der Waals surface area contributed by atoms with Gasteiger partial charge in [0.1, 0.15) is 13.1 Å². The fourth-order valence-electron chi connectivity index (χ4n) is 1.97. The number of aryl methyl sites for hydroxylation is 1. The number of hydrogen-bond acceptors (Lipinski definition) is 3. The first-order valence-corrected chi connectivity index (χ1v) is 5.61.